The molecular formula is C19H19BrClF3N4O4. The van der Waals surface area contributed by atoms with E-state index in [9.17, 15) is 27.6 Å². The second kappa shape index (κ2) is 8.54. The van der Waals surface area contributed by atoms with Crippen LogP contribution in [0.15, 0.2) is 16.7 Å². The van der Waals surface area contributed by atoms with Gasteiger partial charge in [-0.05, 0) is 41.8 Å². The Labute approximate surface area is 194 Å². The number of fused-ring (bicyclic) bond motifs is 1. The number of cyclic esters (lactones) is 1. The Bertz CT molecular complexity index is 1100. The van der Waals surface area contributed by atoms with Crippen LogP contribution < -0.4 is 0 Å². The van der Waals surface area contributed by atoms with E-state index in [0.29, 0.717) is 12.8 Å². The summed E-state index contributed by atoms with van der Waals surface area (Å²) < 4.78 is 46.2. The van der Waals surface area contributed by atoms with Crippen LogP contribution in [0.25, 0.3) is 5.65 Å². The number of piperidine rings is 1. The van der Waals surface area contributed by atoms with Crippen molar-refractivity contribution in [2.75, 3.05) is 13.1 Å². The largest absolute Gasteiger partial charge is 0.436 e. The number of pyridine rings is 1. The molecule has 2 aliphatic rings. The third-order valence-electron chi connectivity index (χ3n) is 5.31. The van der Waals surface area contributed by atoms with Crippen LogP contribution in [0, 0.1) is 0 Å². The number of ether oxygens (including phenoxy) is 1. The van der Waals surface area contributed by atoms with Gasteiger partial charge in [-0.2, -0.15) is 13.2 Å². The third kappa shape index (κ3) is 4.05. The van der Waals surface area contributed by atoms with E-state index in [4.69, 9.17) is 16.3 Å². The molecule has 0 unspecified atom stereocenters. The summed E-state index contributed by atoms with van der Waals surface area (Å²) in [6.07, 6.45) is -4.32. The van der Waals surface area contributed by atoms with E-state index in [1.165, 1.54) is 18.0 Å². The maximum atomic E-state index is 13.4. The Morgan fingerprint density at radius 3 is 2.44 bits per heavy atom. The maximum Gasteiger partial charge on any atom is 0.420 e. The molecule has 32 heavy (non-hydrogen) atoms. The zero-order valence-corrected chi connectivity index (χ0v) is 18.3. The van der Waals surface area contributed by atoms with Gasteiger partial charge in [0.1, 0.15) is 5.15 Å². The SMILES string of the molecule is C.C[C@@H]1OC(=O)N(C2CCN(C(=O)c3nc4c(C(F)(F)F)cc(Br)cn4c3Cl)CC2)C1=O. The van der Waals surface area contributed by atoms with Gasteiger partial charge in [0.2, 0.25) is 0 Å². The van der Waals surface area contributed by atoms with E-state index in [1.807, 2.05) is 0 Å². The van der Waals surface area contributed by atoms with Crippen LogP contribution in [-0.2, 0) is 15.7 Å². The van der Waals surface area contributed by atoms with Crippen molar-refractivity contribution in [1.29, 1.82) is 0 Å². The fraction of sp³-hybridized carbons (Fsp3) is 0.474. The number of alkyl halides is 3. The van der Waals surface area contributed by atoms with Crippen LogP contribution >= 0.6 is 27.5 Å². The molecule has 2 aliphatic heterocycles. The average molecular weight is 540 g/mol. The molecule has 3 amide bonds. The highest BCUT2D eigenvalue weighted by Crippen LogP contribution is 2.36. The van der Waals surface area contributed by atoms with E-state index >= 15 is 0 Å². The second-order valence-electron chi connectivity index (χ2n) is 7.27. The Kier molecular flexibility index (Phi) is 6.49. The monoisotopic (exact) mass is 538 g/mol. The molecule has 2 aromatic heterocycles. The van der Waals surface area contributed by atoms with Crippen LogP contribution in [0.3, 0.4) is 0 Å². The molecule has 0 N–H and O–H groups in total. The molecule has 8 nitrogen and oxygen atoms in total. The summed E-state index contributed by atoms with van der Waals surface area (Å²) in [4.78, 5) is 43.3. The molecule has 2 saturated heterocycles. The van der Waals surface area contributed by atoms with Crippen molar-refractivity contribution in [2.45, 2.75) is 45.5 Å². The number of halogens is 5. The number of nitrogens with zero attached hydrogens (tertiary/aromatic N) is 4. The fourth-order valence-electron chi connectivity index (χ4n) is 3.78. The average Bonchev–Trinajstić information content (AvgIpc) is 3.16. The van der Waals surface area contributed by atoms with E-state index in [-0.39, 0.29) is 35.8 Å². The van der Waals surface area contributed by atoms with Crippen molar-refractivity contribution in [1.82, 2.24) is 19.2 Å². The molecule has 0 radical (unpaired) electrons. The van der Waals surface area contributed by atoms with Crippen molar-refractivity contribution in [3.63, 3.8) is 0 Å². The number of likely N-dealkylation sites (tertiary alicyclic amines) is 1. The molecule has 0 saturated carbocycles. The lowest BCUT2D eigenvalue weighted by Gasteiger charge is -2.34. The zero-order valence-electron chi connectivity index (χ0n) is 15.9. The van der Waals surface area contributed by atoms with Crippen molar-refractivity contribution in [3.8, 4) is 0 Å². The van der Waals surface area contributed by atoms with E-state index in [0.717, 1.165) is 15.4 Å². The minimum atomic E-state index is -4.69. The van der Waals surface area contributed by atoms with Crippen molar-refractivity contribution in [3.05, 3.63) is 33.1 Å². The molecule has 2 fully saturated rings. The Morgan fingerprint density at radius 2 is 1.91 bits per heavy atom. The second-order valence-corrected chi connectivity index (χ2v) is 8.55. The molecular weight excluding hydrogens is 521 g/mol. The molecule has 0 aromatic carbocycles. The van der Waals surface area contributed by atoms with E-state index in [1.54, 1.807) is 0 Å². The number of aromatic nitrogens is 2. The predicted molar refractivity (Wildman–Crippen MR) is 111 cm³/mol. The molecule has 0 aliphatic carbocycles. The number of carbonyl (C=O) groups is 3. The zero-order chi connectivity index (χ0) is 22.7. The number of imidazole rings is 1. The van der Waals surface area contributed by atoms with Crippen LogP contribution in [0.4, 0.5) is 18.0 Å². The lowest BCUT2D eigenvalue weighted by atomic mass is 10.0. The quantitative estimate of drug-likeness (QED) is 0.566. The molecule has 0 spiro atoms. The number of amides is 3. The highest BCUT2D eigenvalue weighted by molar-refractivity contribution is 9.10. The number of carbonyl (C=O) groups excluding carboxylic acids is 3. The van der Waals surface area contributed by atoms with Crippen LogP contribution in [0.2, 0.25) is 5.15 Å². The first-order valence-corrected chi connectivity index (χ1v) is 10.4. The van der Waals surface area contributed by atoms with Gasteiger partial charge in [0.25, 0.3) is 11.8 Å². The van der Waals surface area contributed by atoms with Gasteiger partial charge in [-0.1, -0.05) is 19.0 Å². The van der Waals surface area contributed by atoms with Crippen molar-refractivity contribution >= 4 is 51.1 Å². The smallest absolute Gasteiger partial charge is 0.420 e. The summed E-state index contributed by atoms with van der Waals surface area (Å²) in [7, 11) is 0. The van der Waals surface area contributed by atoms with Crippen LogP contribution in [0.5, 0.6) is 0 Å². The van der Waals surface area contributed by atoms with Crippen molar-refractivity contribution in [2.24, 2.45) is 0 Å². The topological polar surface area (TPSA) is 84.2 Å². The lowest BCUT2D eigenvalue weighted by Crippen LogP contribution is -2.49. The van der Waals surface area contributed by atoms with Crippen LogP contribution in [-0.4, -0.2) is 62.3 Å². The van der Waals surface area contributed by atoms with Gasteiger partial charge in [0.05, 0.1) is 5.56 Å². The van der Waals surface area contributed by atoms with Gasteiger partial charge >= 0.3 is 12.3 Å². The van der Waals surface area contributed by atoms with Gasteiger partial charge in [-0.25, -0.2) is 14.7 Å². The normalized spacial score (nSPS) is 20.0. The molecule has 4 heterocycles. The number of rotatable bonds is 2. The van der Waals surface area contributed by atoms with Gasteiger partial charge in [-0.15, -0.1) is 0 Å². The predicted octanol–water partition coefficient (Wildman–Crippen LogP) is 4.38. The fourth-order valence-corrected chi connectivity index (χ4v) is 4.46. The number of hydrogen-bond acceptors (Lipinski definition) is 5. The minimum absolute atomic E-state index is 0. The summed E-state index contributed by atoms with van der Waals surface area (Å²) >= 11 is 9.22. The molecule has 4 rings (SSSR count). The molecule has 2 aromatic rings. The first-order valence-electron chi connectivity index (χ1n) is 9.26. The molecule has 174 valence electrons. The minimum Gasteiger partial charge on any atom is -0.436 e. The van der Waals surface area contributed by atoms with Gasteiger partial charge < -0.3 is 9.64 Å². The first kappa shape index (κ1) is 24.3. The summed E-state index contributed by atoms with van der Waals surface area (Å²) in [6.45, 7) is 1.84. The number of imide groups is 1. The lowest BCUT2D eigenvalue weighted by molar-refractivity contribution is -0.136. The van der Waals surface area contributed by atoms with Gasteiger partial charge in [0, 0.05) is 29.8 Å². The summed E-state index contributed by atoms with van der Waals surface area (Å²) in [5, 5.41) is -0.235. The Hall–Kier alpha value is -2.34. The summed E-state index contributed by atoms with van der Waals surface area (Å²) in [6, 6.07) is 0.448. The summed E-state index contributed by atoms with van der Waals surface area (Å²) in [5.41, 5.74) is -1.80. The molecule has 0 bridgehead atoms. The highest BCUT2D eigenvalue weighted by Gasteiger charge is 2.43. The molecule has 1 atom stereocenters. The van der Waals surface area contributed by atoms with Crippen LogP contribution in [0.1, 0.15) is 43.2 Å². The van der Waals surface area contributed by atoms with E-state index in [2.05, 4.69) is 20.9 Å². The Morgan fingerprint density at radius 1 is 1.28 bits per heavy atom. The maximum absolute atomic E-state index is 13.4. The first-order chi connectivity index (χ1) is 14.5. The summed E-state index contributed by atoms with van der Waals surface area (Å²) in [5.74, 6) is -1.05. The van der Waals surface area contributed by atoms with E-state index < -0.39 is 47.4 Å². The number of hydrogen-bond donors (Lipinski definition) is 0. The molecule has 13 heteroatoms. The standard InChI is InChI=1S/C18H15BrClF3N4O4.CH4/c1-8-15(28)27(17(30)31-8)10-2-4-25(5-3-10)16(29)12-13(20)26-7-9(19)6-11(14(26)24-12)18(21,22)23;/h6-8,10H,2-5H2,1H3;1H4/t8-;/m0./s1. The third-order valence-corrected chi connectivity index (χ3v) is 6.11. The Balaban J connectivity index is 0.00000289. The van der Waals surface area contributed by atoms with Gasteiger partial charge in [0.15, 0.2) is 17.4 Å². The highest BCUT2D eigenvalue weighted by atomic mass is 79.9. The van der Waals surface area contributed by atoms with Gasteiger partial charge in [-0.3, -0.25) is 14.0 Å². The van der Waals surface area contributed by atoms with Crippen molar-refractivity contribution < 1.29 is 32.3 Å².